The third kappa shape index (κ3) is 10.1. The minimum absolute atomic E-state index is 0.308. The first-order chi connectivity index (χ1) is 17.2. The molecular formula is C28H46N4O5. The summed E-state index contributed by atoms with van der Waals surface area (Å²) < 4.78 is 5.32. The van der Waals surface area contributed by atoms with E-state index in [9.17, 15) is 19.2 Å². The summed E-state index contributed by atoms with van der Waals surface area (Å²) in [5.74, 6) is -1.64. The number of aryl methyl sites for hydroxylation is 2. The lowest BCUT2D eigenvalue weighted by atomic mass is 9.92. The van der Waals surface area contributed by atoms with Gasteiger partial charge in [0.2, 0.25) is 17.7 Å². The SMILES string of the molecule is CCCCCNC(=O)C(c1c(C)cccc1C)N(C(=O)C(CC(N)=O)NC(=O)OC(C)(C)C)C(C)CC. The highest BCUT2D eigenvalue weighted by Gasteiger charge is 2.40. The van der Waals surface area contributed by atoms with Crippen LogP contribution in [0.15, 0.2) is 18.2 Å². The number of primary amides is 1. The van der Waals surface area contributed by atoms with Gasteiger partial charge in [-0.05, 0) is 71.1 Å². The van der Waals surface area contributed by atoms with E-state index in [1.54, 1.807) is 20.8 Å². The van der Waals surface area contributed by atoms with Gasteiger partial charge in [-0.15, -0.1) is 0 Å². The Morgan fingerprint density at radius 3 is 2.14 bits per heavy atom. The molecule has 1 aromatic rings. The van der Waals surface area contributed by atoms with Crippen LogP contribution in [0.1, 0.15) is 96.4 Å². The van der Waals surface area contributed by atoms with E-state index in [4.69, 9.17) is 10.5 Å². The van der Waals surface area contributed by atoms with Crippen LogP contribution in [0.5, 0.6) is 0 Å². The van der Waals surface area contributed by atoms with E-state index in [2.05, 4.69) is 17.6 Å². The van der Waals surface area contributed by atoms with Crippen molar-refractivity contribution in [3.63, 3.8) is 0 Å². The molecule has 0 heterocycles. The van der Waals surface area contributed by atoms with Crippen molar-refractivity contribution in [3.8, 4) is 0 Å². The van der Waals surface area contributed by atoms with E-state index < -0.39 is 42.0 Å². The van der Waals surface area contributed by atoms with Gasteiger partial charge in [-0.3, -0.25) is 14.4 Å². The van der Waals surface area contributed by atoms with E-state index in [1.165, 1.54) is 4.90 Å². The van der Waals surface area contributed by atoms with E-state index >= 15 is 0 Å². The van der Waals surface area contributed by atoms with Crippen LogP contribution >= 0.6 is 0 Å². The molecule has 3 unspecified atom stereocenters. The zero-order valence-electron chi connectivity index (χ0n) is 23.8. The molecule has 37 heavy (non-hydrogen) atoms. The Morgan fingerprint density at radius 2 is 1.65 bits per heavy atom. The lowest BCUT2D eigenvalue weighted by molar-refractivity contribution is -0.146. The molecule has 0 saturated carbocycles. The van der Waals surface area contributed by atoms with Gasteiger partial charge in [-0.1, -0.05) is 44.9 Å². The third-order valence-electron chi connectivity index (χ3n) is 6.14. The number of unbranched alkanes of at least 4 members (excludes halogenated alkanes) is 2. The number of ether oxygens (including phenoxy) is 1. The molecule has 0 bridgehead atoms. The van der Waals surface area contributed by atoms with E-state index in [1.807, 2.05) is 45.9 Å². The lowest BCUT2D eigenvalue weighted by Crippen LogP contribution is -2.56. The fourth-order valence-electron chi connectivity index (χ4n) is 4.17. The largest absolute Gasteiger partial charge is 0.444 e. The van der Waals surface area contributed by atoms with Crippen LogP contribution in [0.2, 0.25) is 0 Å². The summed E-state index contributed by atoms with van der Waals surface area (Å²) in [5.41, 5.74) is 7.09. The molecule has 0 aromatic heterocycles. The van der Waals surface area contributed by atoms with Crippen molar-refractivity contribution in [1.82, 2.24) is 15.5 Å². The second-order valence-corrected chi connectivity index (χ2v) is 10.6. The molecule has 0 radical (unpaired) electrons. The fourth-order valence-corrected chi connectivity index (χ4v) is 4.17. The van der Waals surface area contributed by atoms with Crippen molar-refractivity contribution >= 4 is 23.8 Å². The zero-order valence-corrected chi connectivity index (χ0v) is 23.8. The number of amides is 4. The Hall–Kier alpha value is -3.10. The Morgan fingerprint density at radius 1 is 1.05 bits per heavy atom. The minimum atomic E-state index is -1.29. The van der Waals surface area contributed by atoms with Crippen LogP contribution < -0.4 is 16.4 Å². The molecule has 0 aliphatic carbocycles. The molecule has 0 aliphatic rings. The lowest BCUT2D eigenvalue weighted by Gasteiger charge is -2.39. The predicted octanol–water partition coefficient (Wildman–Crippen LogP) is 4.05. The summed E-state index contributed by atoms with van der Waals surface area (Å²) in [4.78, 5) is 53.7. The smallest absolute Gasteiger partial charge is 0.408 e. The van der Waals surface area contributed by atoms with Crippen molar-refractivity contribution in [2.24, 2.45) is 5.73 Å². The number of rotatable bonds is 13. The average Bonchev–Trinajstić information content (AvgIpc) is 2.78. The van der Waals surface area contributed by atoms with Gasteiger partial charge in [0.1, 0.15) is 17.7 Å². The van der Waals surface area contributed by atoms with Crippen LogP contribution in [0.3, 0.4) is 0 Å². The van der Waals surface area contributed by atoms with Crippen LogP contribution in [-0.2, 0) is 19.1 Å². The predicted molar refractivity (Wildman–Crippen MR) is 145 cm³/mol. The molecule has 3 atom stereocenters. The molecule has 1 aromatic carbocycles. The topological polar surface area (TPSA) is 131 Å². The molecular weight excluding hydrogens is 472 g/mol. The average molecular weight is 519 g/mol. The minimum Gasteiger partial charge on any atom is -0.444 e. The highest BCUT2D eigenvalue weighted by atomic mass is 16.6. The first-order valence-electron chi connectivity index (χ1n) is 13.2. The Kier molecular flexibility index (Phi) is 12.6. The molecule has 208 valence electrons. The molecule has 9 nitrogen and oxygen atoms in total. The van der Waals surface area contributed by atoms with Gasteiger partial charge in [0, 0.05) is 12.6 Å². The number of hydrogen-bond donors (Lipinski definition) is 3. The van der Waals surface area contributed by atoms with Gasteiger partial charge < -0.3 is 26.0 Å². The zero-order chi connectivity index (χ0) is 28.3. The first-order valence-corrected chi connectivity index (χ1v) is 13.2. The first kappa shape index (κ1) is 31.9. The van der Waals surface area contributed by atoms with Crippen molar-refractivity contribution in [3.05, 3.63) is 34.9 Å². The van der Waals surface area contributed by atoms with Gasteiger partial charge in [-0.25, -0.2) is 4.79 Å². The number of nitrogens with zero attached hydrogens (tertiary/aromatic N) is 1. The molecule has 9 heteroatoms. The Balaban J connectivity index is 3.57. The van der Waals surface area contributed by atoms with Gasteiger partial charge in [-0.2, -0.15) is 0 Å². The van der Waals surface area contributed by atoms with Crippen molar-refractivity contribution in [1.29, 1.82) is 0 Å². The van der Waals surface area contributed by atoms with Crippen LogP contribution in [0.4, 0.5) is 4.79 Å². The maximum Gasteiger partial charge on any atom is 0.408 e. The van der Waals surface area contributed by atoms with Gasteiger partial charge in [0.25, 0.3) is 0 Å². The number of hydrogen-bond acceptors (Lipinski definition) is 5. The standard InChI is InChI=1S/C28H46N4O5/c1-9-11-12-16-30-25(34)24(23-18(3)14-13-15-19(23)4)32(20(5)10-2)26(35)21(17-22(29)33)31-27(36)37-28(6,7)8/h13-15,20-21,24H,9-12,16-17H2,1-8H3,(H2,29,33)(H,30,34)(H,31,36). The monoisotopic (exact) mass is 518 g/mol. The molecule has 4 N–H and O–H groups in total. The van der Waals surface area contributed by atoms with Crippen LogP contribution in [-0.4, -0.2) is 52.9 Å². The maximum atomic E-state index is 14.1. The quantitative estimate of drug-likeness (QED) is 0.339. The molecule has 0 saturated heterocycles. The van der Waals surface area contributed by atoms with Crippen molar-refractivity contribution < 1.29 is 23.9 Å². The number of carbonyl (C=O) groups excluding carboxylic acids is 4. The number of benzene rings is 1. The summed E-state index contributed by atoms with van der Waals surface area (Å²) in [7, 11) is 0. The summed E-state index contributed by atoms with van der Waals surface area (Å²) in [5, 5.41) is 5.51. The van der Waals surface area contributed by atoms with E-state index in [0.717, 1.165) is 36.0 Å². The summed E-state index contributed by atoms with van der Waals surface area (Å²) in [6, 6.07) is 3.08. The second kappa shape index (κ2) is 14.6. The van der Waals surface area contributed by atoms with E-state index in [0.29, 0.717) is 13.0 Å². The number of alkyl carbamates (subject to hydrolysis) is 1. The normalized spacial score (nSPS) is 13.7. The molecule has 4 amide bonds. The summed E-state index contributed by atoms with van der Waals surface area (Å²) in [6.07, 6.45) is 2.09. The van der Waals surface area contributed by atoms with Gasteiger partial charge >= 0.3 is 6.09 Å². The highest BCUT2D eigenvalue weighted by Crippen LogP contribution is 2.31. The molecule has 0 aliphatic heterocycles. The maximum absolute atomic E-state index is 14.1. The summed E-state index contributed by atoms with van der Waals surface area (Å²) >= 11 is 0. The second-order valence-electron chi connectivity index (χ2n) is 10.6. The van der Waals surface area contributed by atoms with Gasteiger partial charge in [0.15, 0.2) is 0 Å². The Bertz CT molecular complexity index is 921. The van der Waals surface area contributed by atoms with Gasteiger partial charge in [0.05, 0.1) is 6.42 Å². The number of nitrogens with two attached hydrogens (primary N) is 1. The Labute approximate surface area is 221 Å². The number of carbonyl (C=O) groups is 4. The van der Waals surface area contributed by atoms with Crippen molar-refractivity contribution in [2.45, 2.75) is 111 Å². The summed E-state index contributed by atoms with van der Waals surface area (Å²) in [6.45, 7) is 15.2. The fraction of sp³-hybridized carbons (Fsp3) is 0.643. The van der Waals surface area contributed by atoms with Crippen molar-refractivity contribution in [2.75, 3.05) is 6.54 Å². The third-order valence-corrected chi connectivity index (χ3v) is 6.14. The van der Waals surface area contributed by atoms with E-state index in [-0.39, 0.29) is 11.9 Å². The number of nitrogens with one attached hydrogen (secondary N) is 2. The molecule has 1 rings (SSSR count). The molecule has 0 fully saturated rings. The van der Waals surface area contributed by atoms with Crippen LogP contribution in [0, 0.1) is 13.8 Å². The van der Waals surface area contributed by atoms with Crippen LogP contribution in [0.25, 0.3) is 0 Å². The molecule has 0 spiro atoms. The highest BCUT2D eigenvalue weighted by molar-refractivity contribution is 5.95.